The van der Waals surface area contributed by atoms with Crippen LogP contribution in [0.3, 0.4) is 0 Å². The minimum absolute atomic E-state index is 0.149. The minimum Gasteiger partial charge on any atom is -0.612 e. The van der Waals surface area contributed by atoms with Gasteiger partial charge in [0.05, 0.1) is 22.7 Å². The van der Waals surface area contributed by atoms with Crippen LogP contribution in [0.4, 0.5) is 0 Å². The van der Waals surface area contributed by atoms with Crippen molar-refractivity contribution in [2.24, 2.45) is 0 Å². The number of aromatic nitrogens is 3. The van der Waals surface area contributed by atoms with E-state index in [0.29, 0.717) is 16.4 Å². The van der Waals surface area contributed by atoms with Crippen molar-refractivity contribution in [2.45, 2.75) is 4.90 Å². The van der Waals surface area contributed by atoms with Gasteiger partial charge in [0.15, 0.2) is 4.90 Å². The van der Waals surface area contributed by atoms with Gasteiger partial charge in [0.25, 0.3) is 0 Å². The molecule has 1 atom stereocenters. The highest BCUT2D eigenvalue weighted by Crippen LogP contribution is 2.28. The number of nitrogens with zero attached hydrogens (tertiary/aromatic N) is 3. The van der Waals surface area contributed by atoms with Crippen LogP contribution in [0.25, 0.3) is 28.0 Å². The molecule has 0 aliphatic rings. The number of carboxylic acid groups (broad SMARTS) is 1. The van der Waals surface area contributed by atoms with Crippen LogP contribution in [0, 0.1) is 0 Å². The molecule has 0 amide bonds. The van der Waals surface area contributed by atoms with Crippen LogP contribution < -0.4 is 0 Å². The first-order valence-corrected chi connectivity index (χ1v) is 9.70. The summed E-state index contributed by atoms with van der Waals surface area (Å²) in [6.07, 6.45) is 6.72. The Bertz CT molecular complexity index is 1120. The van der Waals surface area contributed by atoms with Crippen molar-refractivity contribution < 1.29 is 14.5 Å². The Morgan fingerprint density at radius 1 is 1.07 bits per heavy atom. The van der Waals surface area contributed by atoms with E-state index in [4.69, 9.17) is 0 Å². The van der Waals surface area contributed by atoms with Crippen LogP contribution in [0.15, 0.2) is 72.0 Å². The molecule has 4 aromatic rings. The molecule has 0 aliphatic heterocycles. The van der Waals surface area contributed by atoms with E-state index >= 15 is 0 Å². The fraction of sp³-hybridized carbons (Fsp3) is 0.0500. The van der Waals surface area contributed by atoms with E-state index in [1.54, 1.807) is 41.5 Å². The molecular formula is C20H15N3O3S. The highest BCUT2D eigenvalue weighted by molar-refractivity contribution is 7.91. The lowest BCUT2D eigenvalue weighted by molar-refractivity contribution is 0.0697. The molecule has 6 nitrogen and oxygen atoms in total. The van der Waals surface area contributed by atoms with Crippen molar-refractivity contribution in [2.75, 3.05) is 6.26 Å². The molecule has 27 heavy (non-hydrogen) atoms. The van der Waals surface area contributed by atoms with Crippen LogP contribution >= 0.6 is 0 Å². The molecule has 2 heterocycles. The molecule has 7 heteroatoms. The van der Waals surface area contributed by atoms with Crippen LogP contribution in [0.5, 0.6) is 0 Å². The van der Waals surface area contributed by atoms with Crippen molar-refractivity contribution in [1.82, 2.24) is 14.5 Å². The first kappa shape index (κ1) is 17.3. The Labute approximate surface area is 158 Å². The Morgan fingerprint density at radius 3 is 2.41 bits per heavy atom. The fourth-order valence-electron chi connectivity index (χ4n) is 2.95. The van der Waals surface area contributed by atoms with Crippen molar-refractivity contribution in [1.29, 1.82) is 0 Å². The Kier molecular flexibility index (Phi) is 4.39. The van der Waals surface area contributed by atoms with Gasteiger partial charge in [-0.1, -0.05) is 30.3 Å². The molecule has 0 saturated heterocycles. The summed E-state index contributed by atoms with van der Waals surface area (Å²) in [6.45, 7) is 0. The van der Waals surface area contributed by atoms with Gasteiger partial charge in [-0.25, -0.2) is 14.8 Å². The van der Waals surface area contributed by atoms with E-state index in [-0.39, 0.29) is 5.56 Å². The van der Waals surface area contributed by atoms with Crippen LogP contribution in [-0.2, 0) is 11.2 Å². The predicted octanol–water partition coefficient (Wildman–Crippen LogP) is 3.52. The number of benzene rings is 2. The lowest BCUT2D eigenvalue weighted by Crippen LogP contribution is -2.01. The van der Waals surface area contributed by atoms with E-state index in [1.165, 1.54) is 6.07 Å². The average molecular weight is 377 g/mol. The predicted molar refractivity (Wildman–Crippen MR) is 104 cm³/mol. The fourth-order valence-corrected chi connectivity index (χ4v) is 3.68. The number of hydrogen-bond acceptors (Lipinski definition) is 4. The minimum atomic E-state index is -1.23. The number of aromatic carboxylic acids is 1. The summed E-state index contributed by atoms with van der Waals surface area (Å²) in [5.74, 6) is -0.636. The molecule has 0 saturated carbocycles. The zero-order valence-electron chi connectivity index (χ0n) is 14.4. The van der Waals surface area contributed by atoms with Gasteiger partial charge >= 0.3 is 5.97 Å². The summed E-state index contributed by atoms with van der Waals surface area (Å²) in [5.41, 5.74) is 2.63. The third-order valence-corrected chi connectivity index (χ3v) is 5.23. The Balaban J connectivity index is 1.85. The maximum absolute atomic E-state index is 12.1. The maximum atomic E-state index is 12.1. The second-order valence-corrected chi connectivity index (χ2v) is 7.34. The van der Waals surface area contributed by atoms with Crippen molar-refractivity contribution in [3.05, 3.63) is 72.7 Å². The molecule has 134 valence electrons. The van der Waals surface area contributed by atoms with E-state index in [1.807, 2.05) is 30.3 Å². The molecule has 2 aromatic carbocycles. The van der Waals surface area contributed by atoms with Gasteiger partial charge in [-0.3, -0.25) is 4.57 Å². The number of carboxylic acids is 1. The largest absolute Gasteiger partial charge is 0.612 e. The summed E-state index contributed by atoms with van der Waals surface area (Å²) >= 11 is -1.23. The quantitative estimate of drug-likeness (QED) is 0.550. The maximum Gasteiger partial charge on any atom is 0.335 e. The lowest BCUT2D eigenvalue weighted by Gasteiger charge is -2.05. The Morgan fingerprint density at radius 2 is 1.78 bits per heavy atom. The molecule has 0 aliphatic carbocycles. The normalized spacial score (nSPS) is 12.2. The first-order chi connectivity index (χ1) is 13.0. The lowest BCUT2D eigenvalue weighted by atomic mass is 10.1. The molecule has 0 spiro atoms. The van der Waals surface area contributed by atoms with Crippen molar-refractivity contribution >= 4 is 28.0 Å². The highest BCUT2D eigenvalue weighted by atomic mass is 32.2. The number of carbonyl (C=O) groups is 1. The molecule has 4 rings (SSSR count). The molecule has 1 unspecified atom stereocenters. The zero-order chi connectivity index (χ0) is 19.0. The van der Waals surface area contributed by atoms with Gasteiger partial charge in [0.1, 0.15) is 6.26 Å². The molecule has 0 radical (unpaired) electrons. The molecule has 2 aromatic heterocycles. The highest BCUT2D eigenvalue weighted by Gasteiger charge is 2.19. The SMILES string of the molecule is C[S+]([O-])c1cn(-c2ncc(-c3ccccc3)cn2)c2cc(C(=O)O)ccc12. The molecular weight excluding hydrogens is 362 g/mol. The van der Waals surface area contributed by atoms with Gasteiger partial charge in [0, 0.05) is 18.0 Å². The third-order valence-electron chi connectivity index (χ3n) is 4.29. The van der Waals surface area contributed by atoms with Gasteiger partial charge in [-0.15, -0.1) is 0 Å². The Hall–Kier alpha value is -3.16. The van der Waals surface area contributed by atoms with Gasteiger partial charge in [-0.05, 0) is 34.9 Å². The second kappa shape index (κ2) is 6.86. The van der Waals surface area contributed by atoms with E-state index < -0.39 is 17.1 Å². The van der Waals surface area contributed by atoms with Gasteiger partial charge in [-0.2, -0.15) is 0 Å². The van der Waals surface area contributed by atoms with Crippen molar-refractivity contribution in [3.8, 4) is 17.1 Å². The van der Waals surface area contributed by atoms with E-state index in [0.717, 1.165) is 16.5 Å². The van der Waals surface area contributed by atoms with E-state index in [2.05, 4.69) is 9.97 Å². The number of rotatable bonds is 4. The topological polar surface area (TPSA) is 91.1 Å². The monoisotopic (exact) mass is 377 g/mol. The zero-order valence-corrected chi connectivity index (χ0v) is 15.2. The summed E-state index contributed by atoms with van der Waals surface area (Å²) in [7, 11) is 0. The standard InChI is InChI=1S/C20H15N3O3S/c1-27(26)18-12-23(17-9-14(19(24)25)7-8-16(17)18)20-21-10-15(11-22-20)13-5-3-2-4-6-13/h2-12H,1H3,(H,24,25). The van der Waals surface area contributed by atoms with Gasteiger partial charge < -0.3 is 9.66 Å². The van der Waals surface area contributed by atoms with Crippen LogP contribution in [-0.4, -0.2) is 36.4 Å². The average Bonchev–Trinajstić information content (AvgIpc) is 3.08. The third kappa shape index (κ3) is 3.18. The number of hydrogen-bond donors (Lipinski definition) is 1. The van der Waals surface area contributed by atoms with Crippen molar-refractivity contribution in [3.63, 3.8) is 0 Å². The molecule has 0 bridgehead atoms. The summed E-state index contributed by atoms with van der Waals surface area (Å²) in [6, 6.07) is 14.5. The number of fused-ring (bicyclic) bond motifs is 1. The smallest absolute Gasteiger partial charge is 0.335 e. The first-order valence-electron chi connectivity index (χ1n) is 8.14. The molecule has 1 N–H and O–H groups in total. The summed E-state index contributed by atoms with van der Waals surface area (Å²) in [5, 5.41) is 10.0. The molecule has 0 fully saturated rings. The van der Waals surface area contributed by atoms with Crippen LogP contribution in [0.2, 0.25) is 0 Å². The second-order valence-electron chi connectivity index (χ2n) is 5.99. The summed E-state index contributed by atoms with van der Waals surface area (Å²) in [4.78, 5) is 20.8. The van der Waals surface area contributed by atoms with E-state index in [9.17, 15) is 14.5 Å². The van der Waals surface area contributed by atoms with Crippen LogP contribution in [0.1, 0.15) is 10.4 Å². The summed E-state index contributed by atoms with van der Waals surface area (Å²) < 4.78 is 13.8. The van der Waals surface area contributed by atoms with Gasteiger partial charge in [0.2, 0.25) is 5.95 Å².